The molecule has 0 amide bonds. The van der Waals surface area contributed by atoms with E-state index in [0.717, 1.165) is 31.9 Å². The topological polar surface area (TPSA) is 141 Å². The molecule has 13 heteroatoms. The van der Waals surface area contributed by atoms with Crippen LogP contribution in [0.4, 0.5) is 30.6 Å². The third kappa shape index (κ3) is 6.90. The van der Waals surface area contributed by atoms with E-state index >= 15 is 0 Å². The molecule has 0 aromatic carbocycles. The number of ether oxygens (including phenoxy) is 1. The highest BCUT2D eigenvalue weighted by molar-refractivity contribution is 5.57. The van der Waals surface area contributed by atoms with Gasteiger partial charge in [-0.25, -0.2) is 9.97 Å². The number of anilines is 2. The molecule has 0 spiro atoms. The summed E-state index contributed by atoms with van der Waals surface area (Å²) in [7, 11) is 0. The van der Waals surface area contributed by atoms with Gasteiger partial charge in [0.1, 0.15) is 6.20 Å². The van der Waals surface area contributed by atoms with Crippen LogP contribution in [0.5, 0.6) is 5.88 Å². The van der Waals surface area contributed by atoms with Crippen molar-refractivity contribution in [1.29, 1.82) is 0 Å². The molecule has 0 saturated heterocycles. The van der Waals surface area contributed by atoms with Crippen molar-refractivity contribution in [2.75, 3.05) is 23.8 Å². The van der Waals surface area contributed by atoms with Crippen molar-refractivity contribution < 1.29 is 22.8 Å². The SMILES string of the molecule is N[C@H]1CC[C@H](CNc2nc(NCc3cccnc3OCC(F)(F)F)ncc2[N+](=O)[O-])CC1. The summed E-state index contributed by atoms with van der Waals surface area (Å²) in [5.74, 6) is 0.314. The number of alkyl halides is 3. The zero-order valence-corrected chi connectivity index (χ0v) is 17.1. The van der Waals surface area contributed by atoms with Crippen molar-refractivity contribution >= 4 is 17.5 Å². The Labute approximate surface area is 181 Å². The van der Waals surface area contributed by atoms with Crippen LogP contribution >= 0.6 is 0 Å². The third-order valence-electron chi connectivity index (χ3n) is 5.08. The number of nitrogens with one attached hydrogen (secondary N) is 2. The van der Waals surface area contributed by atoms with E-state index in [1.165, 1.54) is 6.20 Å². The minimum absolute atomic E-state index is 0.0127. The lowest BCUT2D eigenvalue weighted by molar-refractivity contribution is -0.384. The molecule has 4 N–H and O–H groups in total. The van der Waals surface area contributed by atoms with Gasteiger partial charge < -0.3 is 21.1 Å². The molecule has 2 aromatic heterocycles. The Bertz CT molecular complexity index is 921. The van der Waals surface area contributed by atoms with Crippen molar-refractivity contribution in [3.63, 3.8) is 0 Å². The number of nitro groups is 1. The monoisotopic (exact) mass is 455 g/mol. The van der Waals surface area contributed by atoms with Crippen molar-refractivity contribution in [3.8, 4) is 5.88 Å². The van der Waals surface area contributed by atoms with E-state index in [9.17, 15) is 23.3 Å². The lowest BCUT2D eigenvalue weighted by Gasteiger charge is -2.26. The van der Waals surface area contributed by atoms with Crippen LogP contribution in [-0.2, 0) is 6.54 Å². The van der Waals surface area contributed by atoms with Crippen LogP contribution in [0.1, 0.15) is 31.2 Å². The quantitative estimate of drug-likeness (QED) is 0.384. The van der Waals surface area contributed by atoms with Crippen LogP contribution in [-0.4, -0.2) is 45.2 Å². The fraction of sp³-hybridized carbons (Fsp3) is 0.526. The Morgan fingerprint density at radius 3 is 2.66 bits per heavy atom. The molecule has 174 valence electrons. The number of aromatic nitrogens is 3. The number of pyridine rings is 1. The Balaban J connectivity index is 1.66. The molecule has 0 atom stereocenters. The van der Waals surface area contributed by atoms with Gasteiger partial charge in [-0.15, -0.1) is 0 Å². The number of hydrogen-bond donors (Lipinski definition) is 3. The van der Waals surface area contributed by atoms with Gasteiger partial charge in [0.05, 0.1) is 4.92 Å². The molecule has 1 fully saturated rings. The predicted molar refractivity (Wildman–Crippen MR) is 110 cm³/mol. The van der Waals surface area contributed by atoms with E-state index in [4.69, 9.17) is 10.5 Å². The highest BCUT2D eigenvalue weighted by atomic mass is 19.4. The summed E-state index contributed by atoms with van der Waals surface area (Å²) in [5.41, 5.74) is 6.00. The molecule has 2 aromatic rings. The maximum absolute atomic E-state index is 12.4. The maximum atomic E-state index is 12.4. The highest BCUT2D eigenvalue weighted by Crippen LogP contribution is 2.27. The maximum Gasteiger partial charge on any atom is 0.422 e. The third-order valence-corrected chi connectivity index (χ3v) is 5.08. The van der Waals surface area contributed by atoms with E-state index < -0.39 is 17.7 Å². The molecular weight excluding hydrogens is 431 g/mol. The summed E-state index contributed by atoms with van der Waals surface area (Å²) in [4.78, 5) is 22.7. The van der Waals surface area contributed by atoms with E-state index in [1.807, 2.05) is 0 Å². The van der Waals surface area contributed by atoms with E-state index in [0.29, 0.717) is 18.0 Å². The Hall–Kier alpha value is -3.22. The van der Waals surface area contributed by atoms with E-state index in [-0.39, 0.29) is 35.9 Å². The van der Waals surface area contributed by atoms with Gasteiger partial charge in [-0.2, -0.15) is 18.2 Å². The van der Waals surface area contributed by atoms with Crippen molar-refractivity contribution in [1.82, 2.24) is 15.0 Å². The second-order valence-electron chi connectivity index (χ2n) is 7.57. The lowest BCUT2D eigenvalue weighted by Crippen LogP contribution is -2.29. The minimum atomic E-state index is -4.49. The van der Waals surface area contributed by atoms with Crippen LogP contribution in [0.2, 0.25) is 0 Å². The lowest BCUT2D eigenvalue weighted by atomic mass is 9.86. The first kappa shape index (κ1) is 23.4. The zero-order chi connectivity index (χ0) is 23.1. The zero-order valence-electron chi connectivity index (χ0n) is 17.1. The highest BCUT2D eigenvalue weighted by Gasteiger charge is 2.29. The smallest absolute Gasteiger partial charge is 0.422 e. The molecular formula is C19H24F3N7O3. The van der Waals surface area contributed by atoms with Gasteiger partial charge in [0.15, 0.2) is 6.61 Å². The average molecular weight is 455 g/mol. The first-order valence-corrected chi connectivity index (χ1v) is 10.1. The first-order valence-electron chi connectivity index (χ1n) is 10.1. The van der Waals surface area contributed by atoms with Gasteiger partial charge in [0.25, 0.3) is 0 Å². The first-order chi connectivity index (χ1) is 15.2. The molecule has 0 radical (unpaired) electrons. The molecule has 0 unspecified atom stereocenters. The number of nitrogens with two attached hydrogens (primary N) is 1. The van der Waals surface area contributed by atoms with Crippen molar-refractivity contribution in [2.45, 2.75) is 44.4 Å². The van der Waals surface area contributed by atoms with E-state index in [1.54, 1.807) is 12.1 Å². The molecule has 3 rings (SSSR count). The van der Waals surface area contributed by atoms with Gasteiger partial charge in [0.2, 0.25) is 17.6 Å². The van der Waals surface area contributed by atoms with Gasteiger partial charge in [-0.1, -0.05) is 6.07 Å². The van der Waals surface area contributed by atoms with Crippen LogP contribution in [0.3, 0.4) is 0 Å². The Morgan fingerprint density at radius 1 is 1.22 bits per heavy atom. The Kier molecular flexibility index (Phi) is 7.62. The van der Waals surface area contributed by atoms with Gasteiger partial charge >= 0.3 is 11.9 Å². The van der Waals surface area contributed by atoms with Gasteiger partial charge in [-0.05, 0) is 37.7 Å². The van der Waals surface area contributed by atoms with Crippen LogP contribution in [0.15, 0.2) is 24.5 Å². The standard InChI is InChI=1S/C19H24F3N7O3/c20-19(21,22)11-32-17-13(2-1-7-24-17)9-26-18-27-10-15(29(30)31)16(28-18)25-8-12-3-5-14(23)6-4-12/h1-2,7,10,12,14H,3-6,8-9,11,23H2,(H2,25,26,27,28)/t12-,14-. The predicted octanol–water partition coefficient (Wildman–Crippen LogP) is 3.26. The number of rotatable bonds is 9. The van der Waals surface area contributed by atoms with Gasteiger partial charge in [0, 0.05) is 30.9 Å². The fourth-order valence-electron chi connectivity index (χ4n) is 3.37. The van der Waals surface area contributed by atoms with Crippen LogP contribution in [0.25, 0.3) is 0 Å². The summed E-state index contributed by atoms with van der Waals surface area (Å²) in [6, 6.07) is 3.30. The average Bonchev–Trinajstić information content (AvgIpc) is 2.75. The van der Waals surface area contributed by atoms with Crippen molar-refractivity contribution in [3.05, 3.63) is 40.2 Å². The second-order valence-corrected chi connectivity index (χ2v) is 7.57. The summed E-state index contributed by atoms with van der Waals surface area (Å²) in [5, 5.41) is 17.2. The Morgan fingerprint density at radius 2 is 1.97 bits per heavy atom. The summed E-state index contributed by atoms with van der Waals surface area (Å²) in [6.07, 6.45) is 1.59. The van der Waals surface area contributed by atoms with Gasteiger partial charge in [-0.3, -0.25) is 10.1 Å². The summed E-state index contributed by atoms with van der Waals surface area (Å²) in [6.45, 7) is -0.938. The van der Waals surface area contributed by atoms with Crippen molar-refractivity contribution in [2.24, 2.45) is 11.7 Å². The number of nitrogens with zero attached hydrogens (tertiary/aromatic N) is 4. The molecule has 1 aliphatic rings. The number of halogens is 3. The van der Waals surface area contributed by atoms with E-state index in [2.05, 4.69) is 25.6 Å². The fourth-order valence-corrected chi connectivity index (χ4v) is 3.37. The summed E-state index contributed by atoms with van der Waals surface area (Å²) >= 11 is 0. The van der Waals surface area contributed by atoms with Crippen LogP contribution < -0.4 is 21.1 Å². The molecule has 1 aliphatic carbocycles. The molecule has 1 saturated carbocycles. The minimum Gasteiger partial charge on any atom is -0.468 e. The molecule has 0 bridgehead atoms. The second kappa shape index (κ2) is 10.4. The molecule has 2 heterocycles. The normalized spacial score (nSPS) is 18.8. The summed E-state index contributed by atoms with van der Waals surface area (Å²) < 4.78 is 42.1. The molecule has 10 nitrogen and oxygen atoms in total. The molecule has 32 heavy (non-hydrogen) atoms. The molecule has 0 aliphatic heterocycles. The van der Waals surface area contributed by atoms with Crippen LogP contribution in [0, 0.1) is 16.0 Å². The number of hydrogen-bond acceptors (Lipinski definition) is 9. The largest absolute Gasteiger partial charge is 0.468 e.